The first-order chi connectivity index (χ1) is 8.16. The van der Waals surface area contributed by atoms with E-state index < -0.39 is 9.84 Å². The summed E-state index contributed by atoms with van der Waals surface area (Å²) in [4.78, 5) is 4.01. The number of fused-ring (bicyclic) bond motifs is 2. The Morgan fingerprint density at radius 1 is 1.06 bits per heavy atom. The molecule has 1 heterocycles. The second kappa shape index (κ2) is 4.09. The van der Waals surface area contributed by atoms with E-state index in [0.29, 0.717) is 11.8 Å². The van der Waals surface area contributed by atoms with E-state index in [1.807, 2.05) is 0 Å². The van der Waals surface area contributed by atoms with Crippen LogP contribution in [0.4, 0.5) is 0 Å². The Labute approximate surface area is 102 Å². The average molecular weight is 251 g/mol. The Hall–Kier alpha value is -0.900. The predicted molar refractivity (Wildman–Crippen MR) is 65.3 cm³/mol. The van der Waals surface area contributed by atoms with Gasteiger partial charge in [-0.2, -0.15) is 0 Å². The van der Waals surface area contributed by atoms with E-state index in [1.54, 1.807) is 24.4 Å². The van der Waals surface area contributed by atoms with Crippen molar-refractivity contribution < 1.29 is 8.42 Å². The average Bonchev–Trinajstić information content (AvgIpc) is 2.69. The Morgan fingerprint density at radius 3 is 2.35 bits per heavy atom. The molecule has 4 heteroatoms. The molecule has 2 aliphatic rings. The zero-order chi connectivity index (χ0) is 11.9. The fraction of sp³-hybridized carbons (Fsp3) is 0.615. The molecule has 3 atom stereocenters. The van der Waals surface area contributed by atoms with Crippen molar-refractivity contribution in [3.05, 3.63) is 24.4 Å². The highest BCUT2D eigenvalue weighted by Gasteiger charge is 2.40. The lowest BCUT2D eigenvalue weighted by Gasteiger charge is -2.27. The summed E-state index contributed by atoms with van der Waals surface area (Å²) in [5.41, 5.74) is 0. The van der Waals surface area contributed by atoms with Gasteiger partial charge in [-0.05, 0) is 43.2 Å². The molecule has 3 nitrogen and oxygen atoms in total. The second-order valence-corrected chi connectivity index (χ2v) is 7.53. The summed E-state index contributed by atoms with van der Waals surface area (Å²) in [6.45, 7) is 0. The first-order valence-corrected chi connectivity index (χ1v) is 7.86. The van der Waals surface area contributed by atoms with Crippen molar-refractivity contribution in [1.29, 1.82) is 0 Å². The molecule has 1 aromatic rings. The molecule has 0 radical (unpaired) electrons. The van der Waals surface area contributed by atoms with Gasteiger partial charge in [0.05, 0.1) is 5.25 Å². The molecule has 17 heavy (non-hydrogen) atoms. The van der Waals surface area contributed by atoms with Crippen molar-refractivity contribution in [1.82, 2.24) is 4.98 Å². The van der Waals surface area contributed by atoms with Gasteiger partial charge in [0, 0.05) is 6.20 Å². The van der Waals surface area contributed by atoms with Crippen LogP contribution in [0.3, 0.4) is 0 Å². The van der Waals surface area contributed by atoms with E-state index in [4.69, 9.17) is 0 Å². The Morgan fingerprint density at radius 2 is 1.76 bits per heavy atom. The molecule has 2 unspecified atom stereocenters. The van der Waals surface area contributed by atoms with Gasteiger partial charge < -0.3 is 0 Å². The van der Waals surface area contributed by atoms with Crippen LogP contribution in [0.5, 0.6) is 0 Å². The van der Waals surface area contributed by atoms with Gasteiger partial charge in [0.25, 0.3) is 0 Å². The Kier molecular flexibility index (Phi) is 2.69. The van der Waals surface area contributed by atoms with Crippen LogP contribution in [-0.4, -0.2) is 18.7 Å². The van der Waals surface area contributed by atoms with E-state index >= 15 is 0 Å². The lowest BCUT2D eigenvalue weighted by atomic mass is 9.89. The lowest BCUT2D eigenvalue weighted by Crippen LogP contribution is -2.29. The monoisotopic (exact) mass is 251 g/mol. The summed E-state index contributed by atoms with van der Waals surface area (Å²) in [7, 11) is -3.20. The van der Waals surface area contributed by atoms with Gasteiger partial charge in [0.2, 0.25) is 0 Å². The highest BCUT2D eigenvalue weighted by Crippen LogP contribution is 2.44. The standard InChI is InChI=1S/C13H17NO2S/c15-17(16,13-3-1-2-6-14-13)12-8-10-4-5-11(7-10)9-12/h1-3,6,10-12H,4-5,7-9H2/t10-,11?,12?/m0/s1. The van der Waals surface area contributed by atoms with Crippen LogP contribution in [0, 0.1) is 11.8 Å². The van der Waals surface area contributed by atoms with Gasteiger partial charge in [-0.1, -0.05) is 18.9 Å². The van der Waals surface area contributed by atoms with Gasteiger partial charge in [0.1, 0.15) is 0 Å². The van der Waals surface area contributed by atoms with Gasteiger partial charge in [0.15, 0.2) is 14.9 Å². The van der Waals surface area contributed by atoms with E-state index in [0.717, 1.165) is 12.8 Å². The maximum atomic E-state index is 12.4. The van der Waals surface area contributed by atoms with Crippen LogP contribution in [0.15, 0.2) is 29.4 Å². The topological polar surface area (TPSA) is 47.0 Å². The summed E-state index contributed by atoms with van der Waals surface area (Å²) in [6.07, 6.45) is 6.93. The molecule has 2 saturated carbocycles. The third-order valence-corrected chi connectivity index (χ3v) is 6.30. The fourth-order valence-electron chi connectivity index (χ4n) is 3.39. The number of pyridine rings is 1. The van der Waals surface area contributed by atoms with Crippen LogP contribution in [0.1, 0.15) is 32.1 Å². The van der Waals surface area contributed by atoms with Crippen molar-refractivity contribution >= 4 is 9.84 Å². The maximum Gasteiger partial charge on any atom is 0.198 e. The van der Waals surface area contributed by atoms with Crippen LogP contribution in [-0.2, 0) is 9.84 Å². The van der Waals surface area contributed by atoms with Crippen molar-refractivity contribution in [2.24, 2.45) is 11.8 Å². The lowest BCUT2D eigenvalue weighted by molar-refractivity contribution is 0.357. The number of aromatic nitrogens is 1. The Bertz CT molecular complexity index is 485. The van der Waals surface area contributed by atoms with Crippen LogP contribution in [0.25, 0.3) is 0 Å². The molecule has 0 aromatic carbocycles. The van der Waals surface area contributed by atoms with Gasteiger partial charge in [-0.15, -0.1) is 0 Å². The van der Waals surface area contributed by atoms with E-state index in [1.165, 1.54) is 19.3 Å². The molecule has 2 aliphatic carbocycles. The minimum Gasteiger partial charge on any atom is -0.245 e. The van der Waals surface area contributed by atoms with Crippen LogP contribution >= 0.6 is 0 Å². The third-order valence-electron chi connectivity index (χ3n) is 4.21. The molecule has 1 aromatic heterocycles. The highest BCUT2D eigenvalue weighted by molar-refractivity contribution is 7.92. The van der Waals surface area contributed by atoms with Crippen molar-refractivity contribution in [2.45, 2.75) is 42.4 Å². The number of sulfone groups is 1. The molecule has 3 rings (SSSR count). The SMILES string of the molecule is O=S(=O)(c1ccccn1)C1CC2CC[C@@H](C2)C1. The number of rotatable bonds is 2. The molecule has 0 amide bonds. The summed E-state index contributed by atoms with van der Waals surface area (Å²) in [5, 5.41) is 0.0648. The molecule has 0 spiro atoms. The molecular formula is C13H17NO2S. The molecule has 0 aliphatic heterocycles. The number of nitrogens with zero attached hydrogens (tertiary/aromatic N) is 1. The molecular weight excluding hydrogens is 234 g/mol. The number of hydrogen-bond acceptors (Lipinski definition) is 3. The minimum absolute atomic E-state index is 0.191. The predicted octanol–water partition coefficient (Wildman–Crippen LogP) is 2.43. The molecule has 2 fully saturated rings. The van der Waals surface area contributed by atoms with Crippen molar-refractivity contribution in [2.75, 3.05) is 0 Å². The highest BCUT2D eigenvalue weighted by atomic mass is 32.2. The third kappa shape index (κ3) is 1.99. The molecule has 0 saturated heterocycles. The quantitative estimate of drug-likeness (QED) is 0.811. The van der Waals surface area contributed by atoms with Gasteiger partial charge in [-0.25, -0.2) is 13.4 Å². The van der Waals surface area contributed by atoms with E-state index in [-0.39, 0.29) is 10.3 Å². The van der Waals surface area contributed by atoms with Crippen molar-refractivity contribution in [3.8, 4) is 0 Å². The molecule has 2 bridgehead atoms. The summed E-state index contributed by atoms with van der Waals surface area (Å²) in [5.74, 6) is 1.27. The minimum atomic E-state index is -3.20. The second-order valence-electron chi connectivity index (χ2n) is 5.35. The van der Waals surface area contributed by atoms with E-state index in [9.17, 15) is 8.42 Å². The van der Waals surface area contributed by atoms with Crippen LogP contribution < -0.4 is 0 Å². The summed E-state index contributed by atoms with van der Waals surface area (Å²) >= 11 is 0. The Balaban J connectivity index is 1.89. The first-order valence-electron chi connectivity index (χ1n) is 6.31. The zero-order valence-electron chi connectivity index (χ0n) is 9.75. The van der Waals surface area contributed by atoms with Gasteiger partial charge >= 0.3 is 0 Å². The smallest absolute Gasteiger partial charge is 0.198 e. The fourth-order valence-corrected chi connectivity index (χ4v) is 5.25. The molecule has 92 valence electrons. The zero-order valence-corrected chi connectivity index (χ0v) is 10.6. The van der Waals surface area contributed by atoms with Crippen LogP contribution in [0.2, 0.25) is 0 Å². The normalized spacial score (nSPS) is 32.6. The maximum absolute atomic E-state index is 12.4. The summed E-state index contributed by atoms with van der Waals surface area (Å²) in [6, 6.07) is 5.12. The molecule has 0 N–H and O–H groups in total. The van der Waals surface area contributed by atoms with Crippen molar-refractivity contribution in [3.63, 3.8) is 0 Å². The van der Waals surface area contributed by atoms with Gasteiger partial charge in [-0.3, -0.25) is 0 Å². The van der Waals surface area contributed by atoms with E-state index in [2.05, 4.69) is 4.98 Å². The largest absolute Gasteiger partial charge is 0.245 e. The first kappa shape index (κ1) is 11.2. The summed E-state index contributed by atoms with van der Waals surface area (Å²) < 4.78 is 24.9. The number of hydrogen-bond donors (Lipinski definition) is 0.